The molecule has 0 saturated carbocycles. The number of aliphatic carboxylic acids is 1. The smallest absolute Gasteiger partial charge is 0.384 e. The number of hydrogen-bond acceptors (Lipinski definition) is 2. The molecule has 1 N–H and O–H groups in total. The highest BCUT2D eigenvalue weighted by atomic mass is 19.3. The van der Waals surface area contributed by atoms with Crippen LogP contribution < -0.4 is 0 Å². The lowest BCUT2D eigenvalue weighted by molar-refractivity contribution is -0.166. The molecule has 0 saturated heterocycles. The zero-order valence-corrected chi connectivity index (χ0v) is 6.79. The van der Waals surface area contributed by atoms with E-state index in [1.165, 1.54) is 19.1 Å². The fourth-order valence-corrected chi connectivity index (χ4v) is 0.827. The second-order valence-corrected chi connectivity index (χ2v) is 2.54. The molecule has 0 radical (unpaired) electrons. The van der Waals surface area contributed by atoms with Gasteiger partial charge in [-0.05, 0) is 19.1 Å². The molecule has 3 nitrogen and oxygen atoms in total. The average molecular weight is 187 g/mol. The van der Waals surface area contributed by atoms with E-state index in [4.69, 9.17) is 5.11 Å². The monoisotopic (exact) mass is 187 g/mol. The van der Waals surface area contributed by atoms with Gasteiger partial charge in [-0.3, -0.25) is 4.98 Å². The van der Waals surface area contributed by atoms with Gasteiger partial charge in [0, 0.05) is 5.69 Å². The summed E-state index contributed by atoms with van der Waals surface area (Å²) in [5.41, 5.74) is -0.376. The van der Waals surface area contributed by atoms with Crippen LogP contribution in [-0.4, -0.2) is 16.1 Å². The number of alkyl halides is 2. The maximum Gasteiger partial charge on any atom is 0.384 e. The summed E-state index contributed by atoms with van der Waals surface area (Å²) in [6.07, 6.45) is 0. The van der Waals surface area contributed by atoms with Gasteiger partial charge < -0.3 is 5.11 Å². The van der Waals surface area contributed by atoms with E-state index >= 15 is 0 Å². The number of aromatic nitrogens is 1. The summed E-state index contributed by atoms with van der Waals surface area (Å²) >= 11 is 0. The van der Waals surface area contributed by atoms with Crippen LogP contribution in [0.4, 0.5) is 8.78 Å². The molecule has 0 spiro atoms. The van der Waals surface area contributed by atoms with E-state index in [1.54, 1.807) is 0 Å². The van der Waals surface area contributed by atoms with Crippen LogP contribution in [0.5, 0.6) is 0 Å². The van der Waals surface area contributed by atoms with Crippen molar-refractivity contribution in [1.29, 1.82) is 0 Å². The summed E-state index contributed by atoms with van der Waals surface area (Å²) in [6, 6.07) is 3.84. The molecule has 1 aromatic rings. The van der Waals surface area contributed by atoms with Crippen LogP contribution in [0.1, 0.15) is 11.4 Å². The van der Waals surface area contributed by atoms with Crippen molar-refractivity contribution in [2.45, 2.75) is 12.8 Å². The lowest BCUT2D eigenvalue weighted by atomic mass is 10.2. The molecule has 0 amide bonds. The molecule has 70 valence electrons. The average Bonchev–Trinajstić information content (AvgIpc) is 2.04. The molecule has 0 bridgehead atoms. The Balaban J connectivity index is 3.14. The standard InChI is InChI=1S/C8H7F2NO2/c1-5-3-2-4-6(11-5)8(9,10)7(12)13/h2-4H,1H3,(H,12,13). The van der Waals surface area contributed by atoms with Gasteiger partial charge in [-0.1, -0.05) is 6.07 Å². The molecular weight excluding hydrogens is 180 g/mol. The second kappa shape index (κ2) is 3.08. The van der Waals surface area contributed by atoms with Gasteiger partial charge in [0.25, 0.3) is 0 Å². The highest BCUT2D eigenvalue weighted by molar-refractivity contribution is 5.76. The van der Waals surface area contributed by atoms with Crippen LogP contribution in [0.2, 0.25) is 0 Å². The van der Waals surface area contributed by atoms with E-state index < -0.39 is 17.6 Å². The Labute approximate surface area is 73.0 Å². The van der Waals surface area contributed by atoms with Crippen LogP contribution in [0.25, 0.3) is 0 Å². The molecule has 0 aliphatic rings. The van der Waals surface area contributed by atoms with Gasteiger partial charge in [-0.25, -0.2) is 4.79 Å². The molecule has 5 heteroatoms. The van der Waals surface area contributed by atoms with E-state index in [-0.39, 0.29) is 0 Å². The van der Waals surface area contributed by atoms with E-state index in [0.717, 1.165) is 6.07 Å². The summed E-state index contributed by atoms with van der Waals surface area (Å²) in [7, 11) is 0. The minimum absolute atomic E-state index is 0.360. The molecule has 0 atom stereocenters. The molecule has 1 aromatic heterocycles. The van der Waals surface area contributed by atoms with Gasteiger partial charge >= 0.3 is 11.9 Å². The summed E-state index contributed by atoms with van der Waals surface area (Å²) in [5.74, 6) is -6.10. The number of hydrogen-bond donors (Lipinski definition) is 1. The molecule has 1 heterocycles. The number of nitrogens with zero attached hydrogens (tertiary/aromatic N) is 1. The Kier molecular flexibility index (Phi) is 2.27. The summed E-state index contributed by atoms with van der Waals surface area (Å²) in [5, 5.41) is 8.20. The van der Waals surface area contributed by atoms with Crippen molar-refractivity contribution >= 4 is 5.97 Å². The zero-order chi connectivity index (χ0) is 10.1. The topological polar surface area (TPSA) is 50.2 Å². The van der Waals surface area contributed by atoms with Crippen molar-refractivity contribution < 1.29 is 18.7 Å². The molecule has 1 rings (SSSR count). The quantitative estimate of drug-likeness (QED) is 0.764. The van der Waals surface area contributed by atoms with Gasteiger partial charge in [0.2, 0.25) is 0 Å². The Hall–Kier alpha value is -1.52. The van der Waals surface area contributed by atoms with Gasteiger partial charge in [0.05, 0.1) is 0 Å². The van der Waals surface area contributed by atoms with Crippen LogP contribution in [-0.2, 0) is 10.7 Å². The minimum Gasteiger partial charge on any atom is -0.476 e. The molecule has 0 fully saturated rings. The zero-order valence-electron chi connectivity index (χ0n) is 6.79. The van der Waals surface area contributed by atoms with Crippen LogP contribution in [0.15, 0.2) is 18.2 Å². The van der Waals surface area contributed by atoms with Gasteiger partial charge in [0.15, 0.2) is 0 Å². The summed E-state index contributed by atoms with van der Waals surface area (Å²) < 4.78 is 25.6. The van der Waals surface area contributed by atoms with Crippen LogP contribution >= 0.6 is 0 Å². The van der Waals surface area contributed by atoms with E-state index in [9.17, 15) is 13.6 Å². The number of halogens is 2. The number of carboxylic acids is 1. The minimum atomic E-state index is -3.91. The van der Waals surface area contributed by atoms with Crippen molar-refractivity contribution in [2.75, 3.05) is 0 Å². The predicted molar refractivity (Wildman–Crippen MR) is 40.5 cm³/mol. The van der Waals surface area contributed by atoms with Crippen molar-refractivity contribution in [3.63, 3.8) is 0 Å². The summed E-state index contributed by atoms with van der Waals surface area (Å²) in [6.45, 7) is 1.52. The fourth-order valence-electron chi connectivity index (χ4n) is 0.827. The van der Waals surface area contributed by atoms with Gasteiger partial charge in [-0.2, -0.15) is 8.78 Å². The Bertz CT molecular complexity index is 339. The highest BCUT2D eigenvalue weighted by Crippen LogP contribution is 2.26. The molecule has 0 aliphatic heterocycles. The fraction of sp³-hybridized carbons (Fsp3) is 0.250. The van der Waals surface area contributed by atoms with Gasteiger partial charge in [0.1, 0.15) is 5.69 Å². The molecular formula is C8H7F2NO2. The normalized spacial score (nSPS) is 11.3. The second-order valence-electron chi connectivity index (χ2n) is 2.54. The Morgan fingerprint density at radius 1 is 1.54 bits per heavy atom. The lowest BCUT2D eigenvalue weighted by Gasteiger charge is -2.09. The number of pyridine rings is 1. The first kappa shape index (κ1) is 9.57. The third-order valence-corrected chi connectivity index (χ3v) is 1.48. The van der Waals surface area contributed by atoms with Crippen molar-refractivity contribution in [1.82, 2.24) is 4.98 Å². The third kappa shape index (κ3) is 1.80. The molecule has 0 aromatic carbocycles. The van der Waals surface area contributed by atoms with Crippen LogP contribution in [0.3, 0.4) is 0 Å². The maximum absolute atomic E-state index is 12.8. The van der Waals surface area contributed by atoms with E-state index in [0.29, 0.717) is 5.69 Å². The number of aryl methyl sites for hydroxylation is 1. The summed E-state index contributed by atoms with van der Waals surface area (Å²) in [4.78, 5) is 13.6. The van der Waals surface area contributed by atoms with Crippen molar-refractivity contribution in [3.05, 3.63) is 29.6 Å². The third-order valence-electron chi connectivity index (χ3n) is 1.48. The van der Waals surface area contributed by atoms with Crippen molar-refractivity contribution in [2.24, 2.45) is 0 Å². The predicted octanol–water partition coefficient (Wildman–Crippen LogP) is 1.57. The first-order chi connectivity index (χ1) is 5.94. The number of carboxylic acid groups (broad SMARTS) is 1. The van der Waals surface area contributed by atoms with E-state index in [1.807, 2.05) is 0 Å². The number of carbonyl (C=O) groups is 1. The van der Waals surface area contributed by atoms with E-state index in [2.05, 4.69) is 4.98 Å². The lowest BCUT2D eigenvalue weighted by Crippen LogP contribution is -2.26. The van der Waals surface area contributed by atoms with Crippen LogP contribution in [0, 0.1) is 6.92 Å². The largest absolute Gasteiger partial charge is 0.476 e. The number of rotatable bonds is 2. The Morgan fingerprint density at radius 3 is 2.62 bits per heavy atom. The van der Waals surface area contributed by atoms with Crippen molar-refractivity contribution in [3.8, 4) is 0 Å². The molecule has 0 aliphatic carbocycles. The maximum atomic E-state index is 12.8. The first-order valence-corrected chi connectivity index (χ1v) is 3.50. The molecule has 0 unspecified atom stereocenters. The van der Waals surface area contributed by atoms with Gasteiger partial charge in [-0.15, -0.1) is 0 Å². The molecule has 13 heavy (non-hydrogen) atoms. The Morgan fingerprint density at radius 2 is 2.15 bits per heavy atom. The SMILES string of the molecule is Cc1cccc(C(F)(F)C(=O)O)n1. The first-order valence-electron chi connectivity index (χ1n) is 3.50. The highest BCUT2D eigenvalue weighted by Gasteiger charge is 2.42.